The Hall–Kier alpha value is -2.62. The van der Waals surface area contributed by atoms with Gasteiger partial charge in [-0.1, -0.05) is 48.0 Å². The lowest BCUT2D eigenvalue weighted by molar-refractivity contribution is 0.647. The summed E-state index contributed by atoms with van der Waals surface area (Å²) in [5, 5.41) is 4.64. The fourth-order valence-corrected chi connectivity index (χ4v) is 2.94. The molecule has 0 amide bonds. The maximum absolute atomic E-state index is 12.9. The van der Waals surface area contributed by atoms with Gasteiger partial charge in [0.2, 0.25) is 0 Å². The van der Waals surface area contributed by atoms with E-state index in [2.05, 4.69) is 24.2 Å². The lowest BCUT2D eigenvalue weighted by Crippen LogP contribution is -2.24. The number of aromatic nitrogens is 3. The molecule has 3 aromatic rings. The van der Waals surface area contributed by atoms with Crippen LogP contribution in [0.5, 0.6) is 0 Å². The normalized spacial score (nSPS) is 14.1. The van der Waals surface area contributed by atoms with Gasteiger partial charge in [0.25, 0.3) is 0 Å². The van der Waals surface area contributed by atoms with E-state index in [0.29, 0.717) is 12.5 Å². The van der Waals surface area contributed by atoms with E-state index in [1.54, 1.807) is 9.25 Å². The van der Waals surface area contributed by atoms with Crippen molar-refractivity contribution in [3.05, 3.63) is 82.0 Å². The highest BCUT2D eigenvalue weighted by Gasteiger charge is 2.31. The molecule has 1 saturated carbocycles. The van der Waals surface area contributed by atoms with E-state index >= 15 is 0 Å². The molecule has 1 fully saturated rings. The van der Waals surface area contributed by atoms with Gasteiger partial charge in [-0.2, -0.15) is 5.10 Å². The molecule has 0 atom stereocenters. The number of rotatable bonds is 4. The summed E-state index contributed by atoms with van der Waals surface area (Å²) in [5.74, 6) is 1.32. The molecule has 1 aliphatic carbocycles. The molecule has 0 saturated heterocycles. The van der Waals surface area contributed by atoms with Crippen molar-refractivity contribution in [2.24, 2.45) is 0 Å². The molecule has 4 nitrogen and oxygen atoms in total. The van der Waals surface area contributed by atoms with Gasteiger partial charge in [0.1, 0.15) is 5.82 Å². The number of para-hydroxylation sites is 1. The summed E-state index contributed by atoms with van der Waals surface area (Å²) >= 11 is 0. The van der Waals surface area contributed by atoms with Gasteiger partial charge in [0.05, 0.1) is 12.2 Å². The van der Waals surface area contributed by atoms with Crippen molar-refractivity contribution in [3.63, 3.8) is 0 Å². The summed E-state index contributed by atoms with van der Waals surface area (Å²) in [7, 11) is 0. The molecule has 4 rings (SSSR count). The molecular weight excluding hydrogens is 286 g/mol. The van der Waals surface area contributed by atoms with Crippen molar-refractivity contribution in [2.75, 3.05) is 0 Å². The van der Waals surface area contributed by atoms with Gasteiger partial charge >= 0.3 is 5.69 Å². The molecule has 0 aliphatic heterocycles. The van der Waals surface area contributed by atoms with Gasteiger partial charge in [-0.25, -0.2) is 14.0 Å². The predicted octanol–water partition coefficient (Wildman–Crippen LogP) is 3.27. The van der Waals surface area contributed by atoms with Crippen LogP contribution in [0.2, 0.25) is 0 Å². The number of hydrogen-bond donors (Lipinski definition) is 0. The van der Waals surface area contributed by atoms with Crippen molar-refractivity contribution in [1.29, 1.82) is 0 Å². The predicted molar refractivity (Wildman–Crippen MR) is 90.1 cm³/mol. The van der Waals surface area contributed by atoms with E-state index in [1.807, 2.05) is 42.5 Å². The van der Waals surface area contributed by atoms with Gasteiger partial charge < -0.3 is 0 Å². The summed E-state index contributed by atoms with van der Waals surface area (Å²) < 4.78 is 3.36. The highest BCUT2D eigenvalue weighted by molar-refractivity contribution is 5.33. The molecule has 2 aromatic carbocycles. The molecule has 0 N–H and O–H groups in total. The summed E-state index contributed by atoms with van der Waals surface area (Å²) in [4.78, 5) is 12.9. The zero-order chi connectivity index (χ0) is 15.8. The maximum atomic E-state index is 12.9. The van der Waals surface area contributed by atoms with Gasteiger partial charge in [0, 0.05) is 5.92 Å². The molecule has 1 heterocycles. The average Bonchev–Trinajstić information content (AvgIpc) is 3.34. The van der Waals surface area contributed by atoms with E-state index in [9.17, 15) is 4.79 Å². The molecule has 0 bridgehead atoms. The Morgan fingerprint density at radius 1 is 1.09 bits per heavy atom. The zero-order valence-electron chi connectivity index (χ0n) is 13.1. The number of hydrogen-bond acceptors (Lipinski definition) is 2. The van der Waals surface area contributed by atoms with Gasteiger partial charge in [0.15, 0.2) is 0 Å². The smallest absolute Gasteiger partial charge is 0.247 e. The molecular formula is C19H19N3O. The first-order valence-corrected chi connectivity index (χ1v) is 8.03. The molecule has 0 radical (unpaired) electrons. The highest BCUT2D eigenvalue weighted by atomic mass is 16.2. The number of nitrogens with zero attached hydrogens (tertiary/aromatic N) is 3. The van der Waals surface area contributed by atoms with Crippen LogP contribution in [0.1, 0.15) is 35.7 Å². The van der Waals surface area contributed by atoms with Crippen LogP contribution < -0.4 is 5.69 Å². The zero-order valence-corrected chi connectivity index (χ0v) is 13.1. The standard InChI is InChI=1S/C19H19N3O/c1-14-6-5-7-15(12-14)13-21-19(23)22(17-8-3-2-4-9-17)18(20-21)16-10-11-16/h2-9,12,16H,10-11,13H2,1H3. The van der Waals surface area contributed by atoms with Crippen LogP contribution >= 0.6 is 0 Å². The second-order valence-electron chi connectivity index (χ2n) is 6.23. The van der Waals surface area contributed by atoms with Crippen molar-refractivity contribution in [2.45, 2.75) is 32.2 Å². The minimum Gasteiger partial charge on any atom is -0.247 e. The Kier molecular flexibility index (Phi) is 3.37. The number of aryl methyl sites for hydroxylation is 1. The second kappa shape index (κ2) is 5.54. The van der Waals surface area contributed by atoms with Crippen LogP contribution in [-0.2, 0) is 6.54 Å². The third kappa shape index (κ3) is 2.72. The molecule has 1 aromatic heterocycles. The van der Waals surface area contributed by atoms with Crippen LogP contribution in [0, 0.1) is 6.92 Å². The van der Waals surface area contributed by atoms with Crippen molar-refractivity contribution < 1.29 is 0 Å². The second-order valence-corrected chi connectivity index (χ2v) is 6.23. The average molecular weight is 305 g/mol. The topological polar surface area (TPSA) is 39.8 Å². The third-order valence-corrected chi connectivity index (χ3v) is 4.24. The molecule has 4 heteroatoms. The molecule has 0 spiro atoms. The maximum Gasteiger partial charge on any atom is 0.350 e. The summed E-state index contributed by atoms with van der Waals surface area (Å²) in [6.45, 7) is 2.57. The molecule has 0 unspecified atom stereocenters. The van der Waals surface area contributed by atoms with Crippen LogP contribution in [-0.4, -0.2) is 14.3 Å². The molecule has 1 aliphatic rings. The third-order valence-electron chi connectivity index (χ3n) is 4.24. The Morgan fingerprint density at radius 3 is 2.57 bits per heavy atom. The Morgan fingerprint density at radius 2 is 1.87 bits per heavy atom. The monoisotopic (exact) mass is 305 g/mol. The van der Waals surface area contributed by atoms with Gasteiger partial charge in [-0.3, -0.25) is 0 Å². The van der Waals surface area contributed by atoms with E-state index in [4.69, 9.17) is 0 Å². The minimum absolute atomic E-state index is 0.0559. The fourth-order valence-electron chi connectivity index (χ4n) is 2.94. The lowest BCUT2D eigenvalue weighted by atomic mass is 10.1. The van der Waals surface area contributed by atoms with E-state index in [1.165, 1.54) is 5.56 Å². The largest absolute Gasteiger partial charge is 0.350 e. The fraction of sp³-hybridized carbons (Fsp3) is 0.263. The van der Waals surface area contributed by atoms with Crippen molar-refractivity contribution in [3.8, 4) is 5.69 Å². The van der Waals surface area contributed by atoms with Gasteiger partial charge in [-0.15, -0.1) is 0 Å². The van der Waals surface area contributed by atoms with Crippen molar-refractivity contribution in [1.82, 2.24) is 14.3 Å². The van der Waals surface area contributed by atoms with Crippen LogP contribution in [0.15, 0.2) is 59.4 Å². The van der Waals surface area contributed by atoms with Crippen LogP contribution in [0.25, 0.3) is 5.69 Å². The van der Waals surface area contributed by atoms with E-state index in [-0.39, 0.29) is 5.69 Å². The molecule has 116 valence electrons. The first kappa shape index (κ1) is 14.0. The summed E-state index contributed by atoms with van der Waals surface area (Å²) in [5.41, 5.74) is 3.14. The van der Waals surface area contributed by atoms with E-state index in [0.717, 1.165) is 29.9 Å². The Labute approximate surface area is 135 Å². The first-order chi connectivity index (χ1) is 11.2. The highest BCUT2D eigenvalue weighted by Crippen LogP contribution is 2.39. The first-order valence-electron chi connectivity index (χ1n) is 8.03. The minimum atomic E-state index is -0.0559. The van der Waals surface area contributed by atoms with Gasteiger partial charge in [-0.05, 0) is 37.5 Å². The quantitative estimate of drug-likeness (QED) is 0.742. The SMILES string of the molecule is Cc1cccc(Cn2nc(C3CC3)n(-c3ccccc3)c2=O)c1. The lowest BCUT2D eigenvalue weighted by Gasteiger charge is -2.03. The summed E-state index contributed by atoms with van der Waals surface area (Å²) in [6, 6.07) is 18.0. The Balaban J connectivity index is 1.78. The van der Waals surface area contributed by atoms with Crippen molar-refractivity contribution >= 4 is 0 Å². The molecule has 23 heavy (non-hydrogen) atoms. The Bertz CT molecular complexity index is 888. The number of benzene rings is 2. The van der Waals surface area contributed by atoms with Crippen LogP contribution in [0.4, 0.5) is 0 Å². The van der Waals surface area contributed by atoms with Crippen LogP contribution in [0.3, 0.4) is 0 Å². The van der Waals surface area contributed by atoms with E-state index < -0.39 is 0 Å². The summed E-state index contributed by atoms with van der Waals surface area (Å²) in [6.07, 6.45) is 2.24.